The first-order valence-corrected chi connectivity index (χ1v) is 7.23. The van der Waals surface area contributed by atoms with Crippen molar-refractivity contribution in [2.45, 2.75) is 38.5 Å². The first-order chi connectivity index (χ1) is 10.0. The van der Waals surface area contributed by atoms with E-state index in [0.29, 0.717) is 17.4 Å². The van der Waals surface area contributed by atoms with Gasteiger partial charge in [-0.25, -0.2) is 4.98 Å². The summed E-state index contributed by atoms with van der Waals surface area (Å²) < 4.78 is 5.40. The highest BCUT2D eigenvalue weighted by Gasteiger charge is 2.29. The third kappa shape index (κ3) is 3.21. The average molecular weight is 307 g/mol. The number of rotatable bonds is 4. The van der Waals surface area contributed by atoms with Crippen molar-refractivity contribution >= 4 is 23.5 Å². The lowest BCUT2D eigenvalue weighted by Crippen LogP contribution is -2.13. The van der Waals surface area contributed by atoms with Crippen molar-refractivity contribution in [3.05, 3.63) is 34.4 Å². The molecule has 0 atom stereocenters. The maximum Gasteiger partial charge on any atom is 0.322 e. The topological polar surface area (TPSA) is 80.9 Å². The number of hydrogen-bond donors (Lipinski definition) is 1. The number of pyridine rings is 1. The van der Waals surface area contributed by atoms with Gasteiger partial charge in [-0.15, -0.1) is 5.10 Å². The zero-order valence-corrected chi connectivity index (χ0v) is 12.5. The molecule has 0 unspecified atom stereocenters. The summed E-state index contributed by atoms with van der Waals surface area (Å²) in [5.41, 5.74) is 1.18. The van der Waals surface area contributed by atoms with Crippen LogP contribution in [0.2, 0.25) is 5.15 Å². The molecule has 0 saturated heterocycles. The zero-order valence-electron chi connectivity index (χ0n) is 11.8. The minimum absolute atomic E-state index is 0.112. The lowest BCUT2D eigenvalue weighted by atomic mass is 10.1. The number of nitrogens with zero attached hydrogens (tertiary/aromatic N) is 3. The second-order valence-electron chi connectivity index (χ2n) is 5.43. The molecule has 2 aromatic heterocycles. The summed E-state index contributed by atoms with van der Waals surface area (Å²) in [6, 6.07) is 3.34. The fourth-order valence-electron chi connectivity index (χ4n) is 1.89. The van der Waals surface area contributed by atoms with E-state index < -0.39 is 0 Å². The summed E-state index contributed by atoms with van der Waals surface area (Å²) in [5, 5.41) is 10.6. The van der Waals surface area contributed by atoms with Crippen LogP contribution in [0.15, 0.2) is 16.5 Å². The lowest BCUT2D eigenvalue weighted by Gasteiger charge is -2.07. The maximum absolute atomic E-state index is 12.2. The van der Waals surface area contributed by atoms with Gasteiger partial charge in [0, 0.05) is 17.2 Å². The summed E-state index contributed by atoms with van der Waals surface area (Å²) >= 11 is 5.95. The van der Waals surface area contributed by atoms with Gasteiger partial charge in [-0.05, 0) is 30.9 Å². The van der Waals surface area contributed by atoms with Crippen molar-refractivity contribution in [1.29, 1.82) is 0 Å². The minimum Gasteiger partial charge on any atom is -0.408 e. The van der Waals surface area contributed by atoms with Crippen LogP contribution in [-0.4, -0.2) is 21.1 Å². The molecule has 2 heterocycles. The monoisotopic (exact) mass is 306 g/mol. The quantitative estimate of drug-likeness (QED) is 0.876. The van der Waals surface area contributed by atoms with Gasteiger partial charge in [0.2, 0.25) is 5.89 Å². The number of aromatic nitrogens is 3. The summed E-state index contributed by atoms with van der Waals surface area (Å²) in [4.78, 5) is 16.4. The van der Waals surface area contributed by atoms with Crippen molar-refractivity contribution in [1.82, 2.24) is 15.2 Å². The van der Waals surface area contributed by atoms with Crippen LogP contribution in [0.4, 0.5) is 6.01 Å². The predicted octanol–water partition coefficient (Wildman–Crippen LogP) is 3.37. The molecule has 0 spiro atoms. The van der Waals surface area contributed by atoms with Gasteiger partial charge in [-0.3, -0.25) is 10.1 Å². The van der Waals surface area contributed by atoms with Crippen LogP contribution in [0.5, 0.6) is 0 Å². The van der Waals surface area contributed by atoms with Crippen LogP contribution >= 0.6 is 11.6 Å². The Labute approximate surface area is 126 Å². The molecule has 3 rings (SSSR count). The number of anilines is 1. The fourth-order valence-corrected chi connectivity index (χ4v) is 2.11. The summed E-state index contributed by atoms with van der Waals surface area (Å²) in [5.74, 6) is 0.777. The van der Waals surface area contributed by atoms with E-state index in [1.807, 2.05) is 13.8 Å². The van der Waals surface area contributed by atoms with Crippen LogP contribution in [0.25, 0.3) is 0 Å². The fraction of sp³-hybridized carbons (Fsp3) is 0.429. The van der Waals surface area contributed by atoms with Crippen molar-refractivity contribution in [3.63, 3.8) is 0 Å². The van der Waals surface area contributed by atoms with Gasteiger partial charge in [0.1, 0.15) is 5.15 Å². The molecule has 0 aromatic carbocycles. The molecule has 110 valence electrons. The number of carbonyl (C=O) groups is 1. The number of halogens is 1. The molecule has 0 aliphatic heterocycles. The third-order valence-corrected chi connectivity index (χ3v) is 3.45. The first kappa shape index (κ1) is 14.0. The Bertz CT molecular complexity index is 679. The van der Waals surface area contributed by atoms with Gasteiger partial charge in [0.15, 0.2) is 0 Å². The standard InChI is InChI=1S/C14H15ClN4O2/c1-7(2)10-5-9(6-11(15)16-10)12(20)17-14-19-18-13(21-14)8-3-4-8/h5-8H,3-4H2,1-2H3,(H,17,19,20). The summed E-state index contributed by atoms with van der Waals surface area (Å²) in [7, 11) is 0. The van der Waals surface area contributed by atoms with E-state index in [9.17, 15) is 4.79 Å². The van der Waals surface area contributed by atoms with E-state index in [1.54, 1.807) is 6.07 Å². The molecule has 1 saturated carbocycles. The van der Waals surface area contributed by atoms with Crippen molar-refractivity contribution in [2.75, 3.05) is 5.32 Å². The molecule has 2 aromatic rings. The molecule has 1 fully saturated rings. The maximum atomic E-state index is 12.2. The van der Waals surface area contributed by atoms with Gasteiger partial charge in [0.05, 0.1) is 0 Å². The van der Waals surface area contributed by atoms with E-state index in [4.69, 9.17) is 16.0 Å². The second kappa shape index (κ2) is 5.44. The minimum atomic E-state index is -0.341. The Balaban J connectivity index is 1.77. The number of hydrogen-bond acceptors (Lipinski definition) is 5. The highest BCUT2D eigenvalue weighted by atomic mass is 35.5. The smallest absolute Gasteiger partial charge is 0.322 e. The van der Waals surface area contributed by atoms with Crippen LogP contribution < -0.4 is 5.32 Å². The molecule has 1 amide bonds. The normalized spacial score (nSPS) is 14.5. The van der Waals surface area contributed by atoms with E-state index in [2.05, 4.69) is 20.5 Å². The molecule has 1 N–H and O–H groups in total. The largest absolute Gasteiger partial charge is 0.408 e. The van der Waals surface area contributed by atoms with Gasteiger partial charge in [0.25, 0.3) is 5.91 Å². The van der Waals surface area contributed by atoms with Crippen molar-refractivity contribution < 1.29 is 9.21 Å². The average Bonchev–Trinajstić information content (AvgIpc) is 3.19. The second-order valence-corrected chi connectivity index (χ2v) is 5.82. The Morgan fingerprint density at radius 1 is 1.38 bits per heavy atom. The molecule has 0 radical (unpaired) electrons. The molecule has 6 nitrogen and oxygen atoms in total. The Morgan fingerprint density at radius 3 is 2.81 bits per heavy atom. The van der Waals surface area contributed by atoms with E-state index >= 15 is 0 Å². The SMILES string of the molecule is CC(C)c1cc(C(=O)Nc2nnc(C3CC3)o2)cc(Cl)n1. The van der Waals surface area contributed by atoms with Gasteiger partial charge >= 0.3 is 6.01 Å². The first-order valence-electron chi connectivity index (χ1n) is 6.85. The third-order valence-electron chi connectivity index (χ3n) is 3.26. The molecule has 1 aliphatic rings. The van der Waals surface area contributed by atoms with Crippen LogP contribution in [0, 0.1) is 0 Å². The number of amides is 1. The number of nitrogens with one attached hydrogen (secondary N) is 1. The molecule has 7 heteroatoms. The Kier molecular flexibility index (Phi) is 3.63. The Morgan fingerprint density at radius 2 is 2.14 bits per heavy atom. The molecular formula is C14H15ClN4O2. The van der Waals surface area contributed by atoms with Crippen LogP contribution in [0.1, 0.15) is 60.5 Å². The molecule has 0 bridgehead atoms. The summed E-state index contributed by atoms with van der Waals surface area (Å²) in [6.45, 7) is 3.97. The highest BCUT2D eigenvalue weighted by molar-refractivity contribution is 6.29. The van der Waals surface area contributed by atoms with Gasteiger partial charge in [-0.2, -0.15) is 0 Å². The van der Waals surface area contributed by atoms with Gasteiger partial charge < -0.3 is 4.42 Å². The predicted molar refractivity (Wildman–Crippen MR) is 77.6 cm³/mol. The van der Waals surface area contributed by atoms with Crippen LogP contribution in [-0.2, 0) is 0 Å². The molecule has 1 aliphatic carbocycles. The van der Waals surface area contributed by atoms with E-state index in [0.717, 1.165) is 18.5 Å². The highest BCUT2D eigenvalue weighted by Crippen LogP contribution is 2.39. The lowest BCUT2D eigenvalue weighted by molar-refractivity contribution is 0.102. The zero-order chi connectivity index (χ0) is 15.0. The van der Waals surface area contributed by atoms with Crippen LogP contribution in [0.3, 0.4) is 0 Å². The summed E-state index contributed by atoms with van der Waals surface area (Å²) in [6.07, 6.45) is 2.13. The van der Waals surface area contributed by atoms with E-state index in [-0.39, 0.29) is 23.0 Å². The van der Waals surface area contributed by atoms with Gasteiger partial charge in [-0.1, -0.05) is 30.5 Å². The molecular weight excluding hydrogens is 292 g/mol. The van der Waals surface area contributed by atoms with Crippen molar-refractivity contribution in [3.8, 4) is 0 Å². The number of carbonyl (C=O) groups excluding carboxylic acids is 1. The van der Waals surface area contributed by atoms with Crippen molar-refractivity contribution in [2.24, 2.45) is 0 Å². The Hall–Kier alpha value is -1.95. The van der Waals surface area contributed by atoms with E-state index in [1.165, 1.54) is 6.07 Å². The molecule has 21 heavy (non-hydrogen) atoms.